The van der Waals surface area contributed by atoms with Gasteiger partial charge in [-0.25, -0.2) is 9.37 Å². The standard InChI is InChI=1S/C14H11FN2O4.2H3N.Na.H/c15-10-3-1-2-8(4-10)9-5-11(18)13(16-6-9)14(21)17-7-12(19)20;;;;/h1-6,18H,7H2,(H,17,21)(H,19,20);2*1H3;;/q;;;+1;-1. The topological polar surface area (TPSA) is 170 Å². The molecule has 0 bridgehead atoms. The Morgan fingerprint density at radius 1 is 1.21 bits per heavy atom. The predicted octanol–water partition coefficient (Wildman–Crippen LogP) is -1.15. The maximum Gasteiger partial charge on any atom is 1.00 e. The van der Waals surface area contributed by atoms with E-state index >= 15 is 0 Å². The molecule has 0 spiro atoms. The van der Waals surface area contributed by atoms with Gasteiger partial charge in [0.15, 0.2) is 5.69 Å². The summed E-state index contributed by atoms with van der Waals surface area (Å²) in [5.41, 5.74) is 0.633. The van der Waals surface area contributed by atoms with Gasteiger partial charge in [-0.05, 0) is 23.8 Å². The molecule has 2 rings (SSSR count). The largest absolute Gasteiger partial charge is 1.00 e. The molecule has 1 amide bonds. The van der Waals surface area contributed by atoms with Gasteiger partial charge in [-0.1, -0.05) is 12.1 Å². The van der Waals surface area contributed by atoms with Crippen LogP contribution < -0.4 is 47.2 Å². The smallest absolute Gasteiger partial charge is 1.00 e. The minimum Gasteiger partial charge on any atom is -1.00 e. The van der Waals surface area contributed by atoms with Crippen molar-refractivity contribution in [3.8, 4) is 16.9 Å². The molecule has 0 atom stereocenters. The molecule has 24 heavy (non-hydrogen) atoms. The van der Waals surface area contributed by atoms with Gasteiger partial charge in [0, 0.05) is 11.8 Å². The monoisotopic (exact) mass is 348 g/mol. The fourth-order valence-electron chi connectivity index (χ4n) is 1.69. The zero-order valence-corrected chi connectivity index (χ0v) is 15.1. The first-order chi connectivity index (χ1) is 9.97. The van der Waals surface area contributed by atoms with Crippen molar-refractivity contribution in [1.29, 1.82) is 0 Å². The molecule has 0 aliphatic heterocycles. The molecular weight excluding hydrogens is 330 g/mol. The van der Waals surface area contributed by atoms with E-state index in [1.54, 1.807) is 6.07 Å². The average molecular weight is 348 g/mol. The van der Waals surface area contributed by atoms with Gasteiger partial charge in [0.2, 0.25) is 0 Å². The van der Waals surface area contributed by atoms with Crippen LogP contribution in [0.4, 0.5) is 4.39 Å². The second-order valence-electron chi connectivity index (χ2n) is 4.18. The number of benzene rings is 1. The number of hydrogen-bond donors (Lipinski definition) is 5. The number of aromatic hydroxyl groups is 1. The molecule has 2 aromatic rings. The Balaban J connectivity index is -0.00000121. The summed E-state index contributed by atoms with van der Waals surface area (Å²) in [5.74, 6) is -2.87. The Morgan fingerprint density at radius 3 is 2.42 bits per heavy atom. The van der Waals surface area contributed by atoms with E-state index in [0.717, 1.165) is 0 Å². The minimum absolute atomic E-state index is 0. The SMILES string of the molecule is N.N.O=C(O)CNC(=O)c1ncc(-c2cccc(F)c2)cc1O.[H-].[Na+]. The third kappa shape index (κ3) is 6.22. The van der Waals surface area contributed by atoms with Crippen LogP contribution in [0.1, 0.15) is 11.9 Å². The van der Waals surface area contributed by atoms with E-state index in [1.807, 2.05) is 0 Å². The number of hydrogen-bond acceptors (Lipinski definition) is 6. The second kappa shape index (κ2) is 10.7. The van der Waals surface area contributed by atoms with Crippen molar-refractivity contribution in [1.82, 2.24) is 22.6 Å². The van der Waals surface area contributed by atoms with Crippen LogP contribution >= 0.6 is 0 Å². The van der Waals surface area contributed by atoms with Gasteiger partial charge in [0.25, 0.3) is 5.91 Å². The predicted molar refractivity (Wildman–Crippen MR) is 82.4 cm³/mol. The molecule has 8 nitrogen and oxygen atoms in total. The fourth-order valence-corrected chi connectivity index (χ4v) is 1.69. The van der Waals surface area contributed by atoms with Gasteiger partial charge in [-0.2, -0.15) is 0 Å². The van der Waals surface area contributed by atoms with Gasteiger partial charge >= 0.3 is 35.5 Å². The van der Waals surface area contributed by atoms with E-state index < -0.39 is 30.0 Å². The van der Waals surface area contributed by atoms with E-state index in [-0.39, 0.29) is 49.0 Å². The molecule has 10 heteroatoms. The molecule has 0 saturated heterocycles. The second-order valence-corrected chi connectivity index (χ2v) is 4.18. The van der Waals surface area contributed by atoms with Crippen LogP contribution in [-0.2, 0) is 4.79 Å². The molecule has 0 saturated carbocycles. The average Bonchev–Trinajstić information content (AvgIpc) is 2.44. The zero-order chi connectivity index (χ0) is 15.4. The molecule has 1 aromatic carbocycles. The van der Waals surface area contributed by atoms with E-state index in [9.17, 15) is 19.1 Å². The van der Waals surface area contributed by atoms with Crippen LogP contribution in [0.2, 0.25) is 0 Å². The quantitative estimate of drug-likeness (QED) is 0.434. The van der Waals surface area contributed by atoms with E-state index in [1.165, 1.54) is 30.5 Å². The van der Waals surface area contributed by atoms with Crippen molar-refractivity contribution >= 4 is 11.9 Å². The van der Waals surface area contributed by atoms with Crippen molar-refractivity contribution in [2.24, 2.45) is 0 Å². The number of carboxylic acid groups (broad SMARTS) is 1. The summed E-state index contributed by atoms with van der Waals surface area (Å²) in [7, 11) is 0. The third-order valence-corrected chi connectivity index (χ3v) is 2.64. The minimum atomic E-state index is -1.21. The molecule has 0 aliphatic carbocycles. The summed E-state index contributed by atoms with van der Waals surface area (Å²) in [6, 6.07) is 6.95. The van der Waals surface area contributed by atoms with Crippen LogP contribution in [0, 0.1) is 5.82 Å². The number of halogens is 1. The van der Waals surface area contributed by atoms with Crippen molar-refractivity contribution in [2.45, 2.75) is 0 Å². The molecule has 0 unspecified atom stereocenters. The van der Waals surface area contributed by atoms with Gasteiger partial charge < -0.3 is 29.3 Å². The van der Waals surface area contributed by atoms with E-state index in [4.69, 9.17) is 5.11 Å². The van der Waals surface area contributed by atoms with Crippen molar-refractivity contribution < 1.29 is 55.2 Å². The molecule has 1 heterocycles. The van der Waals surface area contributed by atoms with Crippen LogP contribution in [0.3, 0.4) is 0 Å². The van der Waals surface area contributed by atoms with Crippen LogP contribution in [0.25, 0.3) is 11.1 Å². The Hall–Kier alpha value is -2.04. The number of aromatic nitrogens is 1. The number of carbonyl (C=O) groups excluding carboxylic acids is 1. The maximum absolute atomic E-state index is 13.1. The van der Waals surface area contributed by atoms with Crippen molar-refractivity contribution in [3.63, 3.8) is 0 Å². The Kier molecular flexibility index (Phi) is 10.8. The number of rotatable bonds is 4. The van der Waals surface area contributed by atoms with Gasteiger partial charge in [0.05, 0.1) is 0 Å². The first-order valence-electron chi connectivity index (χ1n) is 5.92. The molecule has 9 N–H and O–H groups in total. The third-order valence-electron chi connectivity index (χ3n) is 2.64. The number of nitrogens with zero attached hydrogens (tertiary/aromatic N) is 1. The number of carbonyl (C=O) groups is 2. The van der Waals surface area contributed by atoms with Crippen molar-refractivity contribution in [3.05, 3.63) is 48.0 Å². The number of amides is 1. The normalized spacial score (nSPS) is 8.88. The molecule has 0 radical (unpaired) electrons. The van der Waals surface area contributed by atoms with Gasteiger partial charge in [-0.15, -0.1) is 0 Å². The summed E-state index contributed by atoms with van der Waals surface area (Å²) < 4.78 is 13.1. The number of nitrogens with one attached hydrogen (secondary N) is 1. The maximum atomic E-state index is 13.1. The van der Waals surface area contributed by atoms with Crippen LogP contribution in [0.5, 0.6) is 5.75 Å². The van der Waals surface area contributed by atoms with Crippen LogP contribution in [-0.4, -0.2) is 33.6 Å². The van der Waals surface area contributed by atoms with E-state index in [2.05, 4.69) is 10.3 Å². The van der Waals surface area contributed by atoms with Gasteiger partial charge in [0.1, 0.15) is 18.1 Å². The Bertz CT molecular complexity index is 721. The molecule has 0 fully saturated rings. The van der Waals surface area contributed by atoms with Gasteiger partial charge in [-0.3, -0.25) is 9.59 Å². The summed E-state index contributed by atoms with van der Waals surface area (Å²) in [6.45, 7) is -0.578. The molecule has 1 aromatic heterocycles. The summed E-state index contributed by atoms with van der Waals surface area (Å²) in [4.78, 5) is 25.8. The zero-order valence-electron chi connectivity index (χ0n) is 14.1. The first-order valence-corrected chi connectivity index (χ1v) is 5.92. The van der Waals surface area contributed by atoms with E-state index in [0.29, 0.717) is 11.1 Å². The number of carboxylic acids is 1. The molecular formula is C14H18FN4NaO4. The first kappa shape index (κ1) is 24.2. The fraction of sp³-hybridized carbons (Fsp3) is 0.0714. The summed E-state index contributed by atoms with van der Waals surface area (Å²) >= 11 is 0. The summed E-state index contributed by atoms with van der Waals surface area (Å²) in [5, 5.41) is 20.3. The Morgan fingerprint density at radius 2 is 1.88 bits per heavy atom. The molecule has 126 valence electrons. The molecule has 0 aliphatic rings. The van der Waals surface area contributed by atoms with Crippen molar-refractivity contribution in [2.75, 3.05) is 6.54 Å². The van der Waals surface area contributed by atoms with Crippen LogP contribution in [0.15, 0.2) is 36.5 Å². The summed E-state index contributed by atoms with van der Waals surface area (Å²) in [6.07, 6.45) is 1.30. The number of aliphatic carboxylic acids is 1. The number of pyridine rings is 1. The Labute approximate surface area is 161 Å².